The van der Waals surface area contributed by atoms with E-state index in [0.717, 1.165) is 0 Å². The predicted molar refractivity (Wildman–Crippen MR) is 143 cm³/mol. The quantitative estimate of drug-likeness (QED) is 0.194. The van der Waals surface area contributed by atoms with Gasteiger partial charge in [0.2, 0.25) is 0 Å². The molecule has 10 nitrogen and oxygen atoms in total. The minimum atomic E-state index is -1.13. The van der Waals surface area contributed by atoms with E-state index >= 15 is 0 Å². The Morgan fingerprint density at radius 2 is 1.38 bits per heavy atom. The molecular weight excluding hydrogens is 506 g/mol. The first-order valence-corrected chi connectivity index (χ1v) is 12.9. The molecule has 1 unspecified atom stereocenters. The third-order valence-electron chi connectivity index (χ3n) is 5.24. The van der Waals surface area contributed by atoms with E-state index < -0.39 is 36.2 Å². The molecule has 2 aromatic rings. The molecule has 212 valence electrons. The summed E-state index contributed by atoms with van der Waals surface area (Å²) in [6.07, 6.45) is -1.22. The molecule has 0 saturated carbocycles. The molecule has 0 heterocycles. The minimum Gasteiger partial charge on any atom is -0.480 e. The fourth-order valence-electron chi connectivity index (χ4n) is 3.44. The maximum atomic E-state index is 12.3. The van der Waals surface area contributed by atoms with Crippen LogP contribution in [0.1, 0.15) is 53.0 Å². The zero-order valence-electron chi connectivity index (χ0n) is 23.0. The van der Waals surface area contributed by atoms with Gasteiger partial charge in [0.25, 0.3) is 0 Å². The van der Waals surface area contributed by atoms with E-state index in [9.17, 15) is 24.3 Å². The number of carboxylic acids is 1. The second-order valence-electron chi connectivity index (χ2n) is 10.0. The van der Waals surface area contributed by atoms with Crippen LogP contribution < -0.4 is 19.5 Å². The minimum absolute atomic E-state index is 0.0193. The number of carboxylic acid groups (broad SMARTS) is 1. The van der Waals surface area contributed by atoms with Crippen molar-refractivity contribution in [3.63, 3.8) is 0 Å². The normalized spacial score (nSPS) is 12.5. The van der Waals surface area contributed by atoms with E-state index in [1.54, 1.807) is 43.3 Å². The van der Waals surface area contributed by atoms with Crippen molar-refractivity contribution in [2.45, 2.75) is 66.0 Å². The lowest BCUT2D eigenvalue weighted by molar-refractivity contribution is -0.139. The lowest BCUT2D eigenvalue weighted by atomic mass is 10.0. The van der Waals surface area contributed by atoms with E-state index in [2.05, 4.69) is 5.32 Å². The topological polar surface area (TPSA) is 137 Å². The Labute approximate surface area is 228 Å². The number of para-hydroxylation sites is 1. The lowest BCUT2D eigenvalue weighted by Gasteiger charge is -2.19. The highest BCUT2D eigenvalue weighted by Crippen LogP contribution is 2.30. The number of carbonyl (C=O) groups is 4. The summed E-state index contributed by atoms with van der Waals surface area (Å²) in [7, 11) is 0. The fraction of sp³-hybridized carbons (Fsp3) is 0.448. The predicted octanol–water partition coefficient (Wildman–Crippen LogP) is 4.78. The molecule has 2 rings (SSSR count). The number of carbonyl (C=O) groups excluding carboxylic acids is 3. The fourth-order valence-corrected chi connectivity index (χ4v) is 3.44. The first-order valence-electron chi connectivity index (χ1n) is 12.9. The Morgan fingerprint density at radius 1 is 0.795 bits per heavy atom. The Kier molecular flexibility index (Phi) is 12.4. The molecule has 2 N–H and O–H groups in total. The molecule has 39 heavy (non-hydrogen) atoms. The van der Waals surface area contributed by atoms with Crippen LogP contribution in [-0.2, 0) is 25.5 Å². The van der Waals surface area contributed by atoms with Crippen LogP contribution in [0, 0.1) is 11.8 Å². The molecule has 10 heteroatoms. The van der Waals surface area contributed by atoms with Crippen LogP contribution in [-0.4, -0.2) is 47.9 Å². The second-order valence-corrected chi connectivity index (χ2v) is 10.0. The molecule has 0 radical (unpaired) electrons. The standard InChI is InChI=1S/C29H37NO9/c1-18(2)13-26(31)38-24-12-11-21(16-25(24)39-27(32)14-19(3)4)15-23(28(33)34)30-17-20(5)36-29(35)37-22-9-7-6-8-10-22/h6-12,16,18-20,23,30H,13-15,17H2,1-5H3,(H,33,34)/t20?,23-/m0/s1. The molecule has 0 aliphatic heterocycles. The van der Waals surface area contributed by atoms with Gasteiger partial charge in [0, 0.05) is 19.4 Å². The number of benzene rings is 2. The van der Waals surface area contributed by atoms with Crippen molar-refractivity contribution >= 4 is 24.1 Å². The van der Waals surface area contributed by atoms with Crippen LogP contribution in [0.5, 0.6) is 17.2 Å². The number of hydrogen-bond donors (Lipinski definition) is 2. The molecule has 0 amide bonds. The largest absolute Gasteiger partial charge is 0.514 e. The van der Waals surface area contributed by atoms with Crippen LogP contribution in [0.25, 0.3) is 0 Å². The van der Waals surface area contributed by atoms with Crippen molar-refractivity contribution < 1.29 is 43.2 Å². The van der Waals surface area contributed by atoms with Gasteiger partial charge < -0.3 is 29.4 Å². The van der Waals surface area contributed by atoms with Crippen molar-refractivity contribution in [3.8, 4) is 17.2 Å². The highest BCUT2D eigenvalue weighted by atomic mass is 16.7. The third kappa shape index (κ3) is 12.0. The average molecular weight is 544 g/mol. The van der Waals surface area contributed by atoms with Gasteiger partial charge in [-0.15, -0.1) is 0 Å². The number of nitrogens with one attached hydrogen (secondary N) is 1. The van der Waals surface area contributed by atoms with Gasteiger partial charge in [-0.1, -0.05) is 52.0 Å². The first kappa shape index (κ1) is 31.3. The monoisotopic (exact) mass is 543 g/mol. The van der Waals surface area contributed by atoms with Gasteiger partial charge in [-0.3, -0.25) is 14.4 Å². The Hall–Kier alpha value is -3.92. The maximum Gasteiger partial charge on any atom is 0.514 e. The summed E-state index contributed by atoms with van der Waals surface area (Å²) in [6, 6.07) is 11.9. The van der Waals surface area contributed by atoms with E-state index in [4.69, 9.17) is 18.9 Å². The van der Waals surface area contributed by atoms with Crippen molar-refractivity contribution in [2.24, 2.45) is 11.8 Å². The number of esters is 2. The van der Waals surface area contributed by atoms with Gasteiger partial charge in [-0.05, 0) is 55.0 Å². The van der Waals surface area contributed by atoms with E-state index in [-0.39, 0.29) is 49.1 Å². The van der Waals surface area contributed by atoms with E-state index in [0.29, 0.717) is 11.3 Å². The molecule has 2 aromatic carbocycles. The molecule has 0 aromatic heterocycles. The van der Waals surface area contributed by atoms with Crippen molar-refractivity contribution in [3.05, 3.63) is 54.1 Å². The molecule has 2 atom stereocenters. The molecular formula is C29H37NO9. The Morgan fingerprint density at radius 3 is 1.95 bits per heavy atom. The second kappa shape index (κ2) is 15.5. The van der Waals surface area contributed by atoms with Gasteiger partial charge in [-0.25, -0.2) is 4.79 Å². The van der Waals surface area contributed by atoms with Gasteiger partial charge in [0.05, 0.1) is 0 Å². The van der Waals surface area contributed by atoms with Crippen LogP contribution in [0.3, 0.4) is 0 Å². The number of ether oxygens (including phenoxy) is 4. The number of rotatable bonds is 14. The molecule has 0 aliphatic rings. The molecule has 0 bridgehead atoms. The number of hydrogen-bond acceptors (Lipinski definition) is 9. The summed E-state index contributed by atoms with van der Waals surface area (Å²) >= 11 is 0. The maximum absolute atomic E-state index is 12.3. The van der Waals surface area contributed by atoms with Gasteiger partial charge >= 0.3 is 24.1 Å². The van der Waals surface area contributed by atoms with Crippen LogP contribution in [0.2, 0.25) is 0 Å². The molecule has 0 spiro atoms. The van der Waals surface area contributed by atoms with E-state index in [1.165, 1.54) is 12.1 Å². The zero-order valence-corrected chi connectivity index (χ0v) is 23.0. The Balaban J connectivity index is 2.07. The smallest absolute Gasteiger partial charge is 0.480 e. The van der Waals surface area contributed by atoms with Crippen molar-refractivity contribution in [1.29, 1.82) is 0 Å². The Bertz CT molecular complexity index is 1110. The lowest BCUT2D eigenvalue weighted by Crippen LogP contribution is -2.42. The summed E-state index contributed by atoms with van der Waals surface area (Å²) in [5, 5.41) is 12.6. The van der Waals surface area contributed by atoms with Crippen LogP contribution in [0.15, 0.2) is 48.5 Å². The molecule has 0 saturated heterocycles. The van der Waals surface area contributed by atoms with Gasteiger partial charge in [0.1, 0.15) is 17.9 Å². The van der Waals surface area contributed by atoms with Gasteiger partial charge in [-0.2, -0.15) is 0 Å². The number of aliphatic carboxylic acids is 1. The molecule has 0 aliphatic carbocycles. The van der Waals surface area contributed by atoms with E-state index in [1.807, 2.05) is 27.7 Å². The molecule has 0 fully saturated rings. The van der Waals surface area contributed by atoms with Crippen LogP contribution in [0.4, 0.5) is 4.79 Å². The first-order chi connectivity index (χ1) is 18.4. The summed E-state index contributed by atoms with van der Waals surface area (Å²) in [4.78, 5) is 48.5. The third-order valence-corrected chi connectivity index (χ3v) is 5.24. The SMILES string of the molecule is CC(C)CC(=O)Oc1ccc(C[C@H](NCC(C)OC(=O)Oc2ccccc2)C(=O)O)cc1OC(=O)CC(C)C. The van der Waals surface area contributed by atoms with Gasteiger partial charge in [0.15, 0.2) is 11.5 Å². The van der Waals surface area contributed by atoms with Crippen molar-refractivity contribution in [2.75, 3.05) is 6.54 Å². The summed E-state index contributed by atoms with van der Waals surface area (Å²) in [6.45, 7) is 9.15. The summed E-state index contributed by atoms with van der Waals surface area (Å²) in [5.41, 5.74) is 0.531. The van der Waals surface area contributed by atoms with Crippen molar-refractivity contribution in [1.82, 2.24) is 5.32 Å². The summed E-state index contributed by atoms with van der Waals surface area (Å²) in [5.74, 6) is -1.50. The average Bonchev–Trinajstić information content (AvgIpc) is 2.82. The van der Waals surface area contributed by atoms with Crippen LogP contribution >= 0.6 is 0 Å². The highest BCUT2D eigenvalue weighted by molar-refractivity contribution is 5.77. The zero-order chi connectivity index (χ0) is 28.9. The highest BCUT2D eigenvalue weighted by Gasteiger charge is 2.22. The summed E-state index contributed by atoms with van der Waals surface area (Å²) < 4.78 is 21.2.